The van der Waals surface area contributed by atoms with Gasteiger partial charge in [0, 0.05) is 5.02 Å². The highest BCUT2D eigenvalue weighted by Crippen LogP contribution is 2.14. The molecule has 1 aromatic heterocycles. The summed E-state index contributed by atoms with van der Waals surface area (Å²) in [5.74, 6) is 1.23. The predicted octanol–water partition coefficient (Wildman–Crippen LogP) is 3.05. The zero-order chi connectivity index (χ0) is 10.7. The van der Waals surface area contributed by atoms with Gasteiger partial charge in [-0.25, -0.2) is 0 Å². The van der Waals surface area contributed by atoms with Gasteiger partial charge in [0.15, 0.2) is 0 Å². The molecular formula is C10H8Cl2N2O. The molecule has 0 radical (unpaired) electrons. The Balaban J connectivity index is 2.14. The lowest BCUT2D eigenvalue weighted by atomic mass is 10.1. The van der Waals surface area contributed by atoms with E-state index in [2.05, 4.69) is 10.2 Å². The summed E-state index contributed by atoms with van der Waals surface area (Å²) in [5, 5.41) is 8.34. The van der Waals surface area contributed by atoms with Crippen LogP contribution in [0.25, 0.3) is 0 Å². The highest BCUT2D eigenvalue weighted by molar-refractivity contribution is 6.30. The van der Waals surface area contributed by atoms with Crippen molar-refractivity contribution in [2.75, 3.05) is 0 Å². The zero-order valence-corrected chi connectivity index (χ0v) is 9.29. The lowest BCUT2D eigenvalue weighted by Crippen LogP contribution is -1.87. The Hall–Kier alpha value is -1.06. The van der Waals surface area contributed by atoms with E-state index in [9.17, 15) is 0 Å². The van der Waals surface area contributed by atoms with Crippen molar-refractivity contribution in [2.24, 2.45) is 0 Å². The van der Waals surface area contributed by atoms with Gasteiger partial charge in [-0.15, -0.1) is 21.8 Å². The largest absolute Gasteiger partial charge is 0.424 e. The van der Waals surface area contributed by atoms with Crippen molar-refractivity contribution < 1.29 is 4.42 Å². The van der Waals surface area contributed by atoms with E-state index >= 15 is 0 Å². The third-order valence-electron chi connectivity index (χ3n) is 1.87. The standard InChI is InChI=1S/C10H8Cl2N2O/c11-6-10-14-13-9(15-10)5-7-2-1-3-8(12)4-7/h1-4H,5-6H2. The van der Waals surface area contributed by atoms with E-state index in [4.69, 9.17) is 27.6 Å². The summed E-state index contributed by atoms with van der Waals surface area (Å²) in [6, 6.07) is 7.53. The molecule has 0 spiro atoms. The molecule has 78 valence electrons. The van der Waals surface area contributed by atoms with Crippen molar-refractivity contribution in [3.8, 4) is 0 Å². The van der Waals surface area contributed by atoms with Crippen molar-refractivity contribution in [1.82, 2.24) is 10.2 Å². The van der Waals surface area contributed by atoms with Crippen LogP contribution in [0.1, 0.15) is 17.3 Å². The number of alkyl halides is 1. The Bertz CT molecular complexity index is 456. The summed E-state index contributed by atoms with van der Waals surface area (Å²) < 4.78 is 5.28. The molecule has 0 saturated heterocycles. The minimum Gasteiger partial charge on any atom is -0.424 e. The van der Waals surface area contributed by atoms with Crippen molar-refractivity contribution in [2.45, 2.75) is 12.3 Å². The number of nitrogens with zero attached hydrogens (tertiary/aromatic N) is 2. The SMILES string of the molecule is ClCc1nnc(Cc2cccc(Cl)c2)o1. The first-order valence-electron chi connectivity index (χ1n) is 4.39. The van der Waals surface area contributed by atoms with E-state index in [1.165, 1.54) is 0 Å². The van der Waals surface area contributed by atoms with Crippen LogP contribution in [0.2, 0.25) is 5.02 Å². The zero-order valence-electron chi connectivity index (χ0n) is 7.78. The molecule has 2 rings (SSSR count). The molecule has 0 aliphatic carbocycles. The van der Waals surface area contributed by atoms with E-state index in [0.29, 0.717) is 23.2 Å². The van der Waals surface area contributed by atoms with E-state index in [0.717, 1.165) is 5.56 Å². The topological polar surface area (TPSA) is 38.9 Å². The van der Waals surface area contributed by atoms with Crippen molar-refractivity contribution in [3.63, 3.8) is 0 Å². The third-order valence-corrected chi connectivity index (χ3v) is 2.33. The molecule has 3 nitrogen and oxygen atoms in total. The molecule has 0 fully saturated rings. The summed E-state index contributed by atoms with van der Waals surface area (Å²) in [4.78, 5) is 0. The van der Waals surface area contributed by atoms with Crippen LogP contribution >= 0.6 is 23.2 Å². The molecule has 0 bridgehead atoms. The van der Waals surface area contributed by atoms with Crippen LogP contribution in [0.5, 0.6) is 0 Å². The van der Waals surface area contributed by atoms with Gasteiger partial charge in [0.05, 0.1) is 6.42 Å². The maximum Gasteiger partial charge on any atom is 0.231 e. The van der Waals surface area contributed by atoms with Crippen molar-refractivity contribution in [1.29, 1.82) is 0 Å². The van der Waals surface area contributed by atoms with Gasteiger partial charge in [0.25, 0.3) is 0 Å². The average molecular weight is 243 g/mol. The van der Waals surface area contributed by atoms with E-state index in [1.807, 2.05) is 24.3 Å². The van der Waals surface area contributed by atoms with Gasteiger partial charge < -0.3 is 4.42 Å². The molecule has 15 heavy (non-hydrogen) atoms. The molecule has 2 aromatic rings. The minimum absolute atomic E-state index is 0.239. The van der Waals surface area contributed by atoms with Gasteiger partial charge in [-0.1, -0.05) is 23.7 Å². The number of halogens is 2. The fourth-order valence-electron chi connectivity index (χ4n) is 1.24. The second-order valence-corrected chi connectivity index (χ2v) is 3.73. The van der Waals surface area contributed by atoms with Gasteiger partial charge in [0.2, 0.25) is 11.8 Å². The van der Waals surface area contributed by atoms with Crippen LogP contribution in [0.4, 0.5) is 0 Å². The van der Waals surface area contributed by atoms with Crippen LogP contribution in [-0.2, 0) is 12.3 Å². The molecule has 0 aliphatic rings. The quantitative estimate of drug-likeness (QED) is 0.777. The fraction of sp³-hybridized carbons (Fsp3) is 0.200. The highest BCUT2D eigenvalue weighted by Gasteiger charge is 2.05. The lowest BCUT2D eigenvalue weighted by molar-refractivity contribution is 0.473. The first kappa shape index (κ1) is 10.5. The molecule has 0 saturated carbocycles. The molecule has 0 N–H and O–H groups in total. The van der Waals surface area contributed by atoms with Gasteiger partial charge in [-0.2, -0.15) is 0 Å². The monoisotopic (exact) mass is 242 g/mol. The third kappa shape index (κ3) is 2.70. The van der Waals surface area contributed by atoms with Crippen molar-refractivity contribution in [3.05, 3.63) is 46.6 Å². The number of hydrogen-bond acceptors (Lipinski definition) is 3. The van der Waals surface area contributed by atoms with Gasteiger partial charge in [-0.05, 0) is 17.7 Å². The highest BCUT2D eigenvalue weighted by atomic mass is 35.5. The Morgan fingerprint density at radius 2 is 2.00 bits per heavy atom. The predicted molar refractivity (Wildman–Crippen MR) is 58.1 cm³/mol. The van der Waals surface area contributed by atoms with Crippen LogP contribution in [0.15, 0.2) is 28.7 Å². The normalized spacial score (nSPS) is 10.5. The second kappa shape index (κ2) is 4.64. The molecular weight excluding hydrogens is 235 g/mol. The van der Waals surface area contributed by atoms with Crippen LogP contribution < -0.4 is 0 Å². The van der Waals surface area contributed by atoms with Gasteiger partial charge in [0.1, 0.15) is 5.88 Å². The minimum atomic E-state index is 0.239. The Morgan fingerprint density at radius 3 is 2.67 bits per heavy atom. The Kier molecular flexibility index (Phi) is 3.23. The molecule has 1 heterocycles. The smallest absolute Gasteiger partial charge is 0.231 e. The van der Waals surface area contributed by atoms with Crippen LogP contribution in [0.3, 0.4) is 0 Å². The maximum absolute atomic E-state index is 5.86. The summed E-state index contributed by atoms with van der Waals surface area (Å²) in [5.41, 5.74) is 1.03. The van der Waals surface area contributed by atoms with E-state index in [-0.39, 0.29) is 5.88 Å². The average Bonchev–Trinajstić information content (AvgIpc) is 2.65. The number of rotatable bonds is 3. The Labute approximate surface area is 97.0 Å². The number of benzene rings is 1. The molecule has 0 amide bonds. The Morgan fingerprint density at radius 1 is 1.20 bits per heavy atom. The van der Waals surface area contributed by atoms with Gasteiger partial charge in [-0.3, -0.25) is 0 Å². The molecule has 1 aromatic carbocycles. The van der Waals surface area contributed by atoms with Gasteiger partial charge >= 0.3 is 0 Å². The van der Waals surface area contributed by atoms with Crippen LogP contribution in [0, 0.1) is 0 Å². The first-order valence-corrected chi connectivity index (χ1v) is 5.31. The molecule has 0 atom stereocenters. The van der Waals surface area contributed by atoms with Crippen LogP contribution in [-0.4, -0.2) is 10.2 Å². The molecule has 0 aliphatic heterocycles. The van der Waals surface area contributed by atoms with E-state index in [1.54, 1.807) is 0 Å². The van der Waals surface area contributed by atoms with Crippen molar-refractivity contribution >= 4 is 23.2 Å². The molecule has 5 heteroatoms. The first-order chi connectivity index (χ1) is 7.28. The second-order valence-electron chi connectivity index (χ2n) is 3.03. The molecule has 0 unspecified atom stereocenters. The summed E-state index contributed by atoms with van der Waals surface area (Å²) in [6.07, 6.45) is 0.574. The number of hydrogen-bond donors (Lipinski definition) is 0. The lowest BCUT2D eigenvalue weighted by Gasteiger charge is -1.96. The summed E-state index contributed by atoms with van der Waals surface area (Å²) >= 11 is 11.4. The fourth-order valence-corrected chi connectivity index (χ4v) is 1.56. The van der Waals surface area contributed by atoms with E-state index < -0.39 is 0 Å². The number of aromatic nitrogens is 2. The summed E-state index contributed by atoms with van der Waals surface area (Å²) in [7, 11) is 0. The maximum atomic E-state index is 5.86. The summed E-state index contributed by atoms with van der Waals surface area (Å²) in [6.45, 7) is 0.